The Labute approximate surface area is 152 Å². The summed E-state index contributed by atoms with van der Waals surface area (Å²) < 4.78 is 0. The number of thioether (sulfide) groups is 1. The Balaban J connectivity index is 2.20. The number of carbonyl (C=O) groups excluding carboxylic acids is 1. The first-order valence-electron chi connectivity index (χ1n) is 8.45. The highest BCUT2D eigenvalue weighted by Gasteiger charge is 2.51. The van der Waals surface area contributed by atoms with E-state index in [1.54, 1.807) is 11.8 Å². The van der Waals surface area contributed by atoms with Gasteiger partial charge in [0.2, 0.25) is 5.91 Å². The van der Waals surface area contributed by atoms with Crippen LogP contribution < -0.4 is 5.32 Å². The van der Waals surface area contributed by atoms with Gasteiger partial charge in [0, 0.05) is 0 Å². The van der Waals surface area contributed by atoms with Crippen molar-refractivity contribution in [1.29, 1.82) is 5.26 Å². The molecule has 3 nitrogen and oxygen atoms in total. The minimum absolute atomic E-state index is 0.152. The third-order valence-electron chi connectivity index (χ3n) is 4.44. The summed E-state index contributed by atoms with van der Waals surface area (Å²) in [5, 5.41) is 13.6. The van der Waals surface area contributed by atoms with Gasteiger partial charge in [-0.25, -0.2) is 0 Å². The molecule has 0 aromatic heterocycles. The number of nitrogens with one attached hydrogen (secondary N) is 1. The fourth-order valence-electron chi connectivity index (χ4n) is 3.20. The van der Waals surface area contributed by atoms with Crippen molar-refractivity contribution in [3.05, 3.63) is 82.4 Å². The van der Waals surface area contributed by atoms with Crippen molar-refractivity contribution in [3.63, 3.8) is 0 Å². The maximum atomic E-state index is 13.2. The number of amides is 1. The van der Waals surface area contributed by atoms with E-state index in [0.29, 0.717) is 10.6 Å². The Morgan fingerprint density at radius 1 is 1.04 bits per heavy atom. The number of carbonyl (C=O) groups is 1. The fourth-order valence-corrected chi connectivity index (χ4v) is 4.34. The van der Waals surface area contributed by atoms with E-state index in [9.17, 15) is 10.1 Å². The summed E-state index contributed by atoms with van der Waals surface area (Å²) in [5.41, 5.74) is 1.06. The highest BCUT2D eigenvalue weighted by molar-refractivity contribution is 8.03. The minimum Gasteiger partial charge on any atom is -0.318 e. The molecule has 0 spiro atoms. The predicted octanol–water partition coefficient (Wildman–Crippen LogP) is 4.37. The standard InChI is InChI=1S/C21H20N2OS/c1-2-3-14-25-19-18(15-22)21(20(24)23-19,16-10-6-4-7-11-16)17-12-8-5-9-13-17/h4-13H,2-3,14H2,1H3,(H,23,24). The zero-order valence-corrected chi connectivity index (χ0v) is 15.0. The van der Waals surface area contributed by atoms with E-state index in [2.05, 4.69) is 18.3 Å². The van der Waals surface area contributed by atoms with E-state index in [1.807, 2.05) is 60.7 Å². The van der Waals surface area contributed by atoms with Gasteiger partial charge in [-0.1, -0.05) is 74.0 Å². The van der Waals surface area contributed by atoms with Gasteiger partial charge < -0.3 is 5.32 Å². The number of unbranched alkanes of at least 4 members (excludes halogenated alkanes) is 1. The van der Waals surface area contributed by atoms with Crippen LogP contribution in [0.2, 0.25) is 0 Å². The first kappa shape index (κ1) is 17.3. The highest BCUT2D eigenvalue weighted by Crippen LogP contribution is 2.46. The molecule has 0 bridgehead atoms. The van der Waals surface area contributed by atoms with Gasteiger partial charge in [-0.15, -0.1) is 11.8 Å². The molecule has 0 saturated carbocycles. The van der Waals surface area contributed by atoms with Crippen LogP contribution in [0.4, 0.5) is 0 Å². The molecule has 1 aliphatic heterocycles. The predicted molar refractivity (Wildman–Crippen MR) is 102 cm³/mol. The highest BCUT2D eigenvalue weighted by atomic mass is 32.2. The number of nitrogens with zero attached hydrogens (tertiary/aromatic N) is 1. The van der Waals surface area contributed by atoms with Gasteiger partial charge in [-0.2, -0.15) is 5.26 Å². The minimum atomic E-state index is -1.08. The first-order valence-corrected chi connectivity index (χ1v) is 9.43. The van der Waals surface area contributed by atoms with Gasteiger partial charge in [-0.3, -0.25) is 4.79 Å². The van der Waals surface area contributed by atoms with Crippen LogP contribution in [-0.4, -0.2) is 11.7 Å². The third kappa shape index (κ3) is 2.96. The third-order valence-corrected chi connectivity index (χ3v) is 5.53. The summed E-state index contributed by atoms with van der Waals surface area (Å²) in [4.78, 5) is 13.2. The lowest BCUT2D eigenvalue weighted by molar-refractivity contribution is -0.122. The molecule has 2 aromatic carbocycles. The van der Waals surface area contributed by atoms with Crippen LogP contribution in [-0.2, 0) is 10.2 Å². The number of hydrogen-bond acceptors (Lipinski definition) is 3. The Kier molecular flexibility index (Phi) is 5.25. The Bertz CT molecular complexity index is 782. The van der Waals surface area contributed by atoms with E-state index in [0.717, 1.165) is 29.7 Å². The molecule has 4 heteroatoms. The second-order valence-corrected chi connectivity index (χ2v) is 7.06. The molecule has 3 rings (SSSR count). The van der Waals surface area contributed by atoms with Crippen molar-refractivity contribution in [2.75, 3.05) is 5.75 Å². The van der Waals surface area contributed by atoms with E-state index in [1.165, 1.54) is 0 Å². The average Bonchev–Trinajstić information content (AvgIpc) is 2.95. The van der Waals surface area contributed by atoms with Crippen LogP contribution in [0.5, 0.6) is 0 Å². The lowest BCUT2D eigenvalue weighted by atomic mass is 9.70. The molecule has 2 aromatic rings. The largest absolute Gasteiger partial charge is 0.318 e. The molecule has 0 saturated heterocycles. The van der Waals surface area contributed by atoms with E-state index in [-0.39, 0.29) is 5.91 Å². The molecule has 0 atom stereocenters. The summed E-state index contributed by atoms with van der Waals surface area (Å²) >= 11 is 1.56. The molecule has 126 valence electrons. The SMILES string of the molecule is CCCCSC1=C(C#N)C(c2ccccc2)(c2ccccc2)C(=O)N1. The van der Waals surface area contributed by atoms with Crippen LogP contribution in [0.15, 0.2) is 71.3 Å². The lowest BCUT2D eigenvalue weighted by Gasteiger charge is -2.28. The van der Waals surface area contributed by atoms with Gasteiger partial charge in [0.25, 0.3) is 0 Å². The Morgan fingerprint density at radius 2 is 1.60 bits per heavy atom. The lowest BCUT2D eigenvalue weighted by Crippen LogP contribution is -2.39. The van der Waals surface area contributed by atoms with Crippen LogP contribution >= 0.6 is 11.8 Å². The summed E-state index contributed by atoms with van der Waals surface area (Å²) in [6.07, 6.45) is 2.13. The monoisotopic (exact) mass is 348 g/mol. The fraction of sp³-hybridized carbons (Fsp3) is 0.238. The molecule has 1 aliphatic rings. The van der Waals surface area contributed by atoms with Gasteiger partial charge in [0.15, 0.2) is 0 Å². The smallest absolute Gasteiger partial charge is 0.245 e. The Morgan fingerprint density at radius 3 is 2.08 bits per heavy atom. The van der Waals surface area contributed by atoms with Gasteiger partial charge >= 0.3 is 0 Å². The van der Waals surface area contributed by atoms with E-state index >= 15 is 0 Å². The maximum absolute atomic E-state index is 13.2. The van der Waals surface area contributed by atoms with Gasteiger partial charge in [-0.05, 0) is 23.3 Å². The van der Waals surface area contributed by atoms with Crippen molar-refractivity contribution in [2.45, 2.75) is 25.2 Å². The summed E-state index contributed by atoms with van der Waals surface area (Å²) in [7, 11) is 0. The summed E-state index contributed by atoms with van der Waals surface area (Å²) in [6, 6.07) is 21.5. The quantitative estimate of drug-likeness (QED) is 0.789. The zero-order chi connectivity index (χ0) is 17.7. The van der Waals surface area contributed by atoms with Crippen molar-refractivity contribution in [3.8, 4) is 6.07 Å². The van der Waals surface area contributed by atoms with Gasteiger partial charge in [0.05, 0.1) is 16.7 Å². The number of nitriles is 1. The van der Waals surface area contributed by atoms with Crippen molar-refractivity contribution in [2.24, 2.45) is 0 Å². The van der Waals surface area contributed by atoms with E-state index < -0.39 is 5.41 Å². The van der Waals surface area contributed by atoms with Crippen LogP contribution in [0, 0.1) is 11.3 Å². The van der Waals surface area contributed by atoms with Gasteiger partial charge in [0.1, 0.15) is 5.41 Å². The molecule has 0 radical (unpaired) electrons. The molecule has 1 N–H and O–H groups in total. The molecule has 25 heavy (non-hydrogen) atoms. The Hall–Kier alpha value is -2.51. The molecule has 0 fully saturated rings. The molecule has 0 aliphatic carbocycles. The van der Waals surface area contributed by atoms with Crippen molar-refractivity contribution < 1.29 is 4.79 Å². The van der Waals surface area contributed by atoms with Crippen LogP contribution in [0.25, 0.3) is 0 Å². The van der Waals surface area contributed by atoms with Crippen LogP contribution in [0.1, 0.15) is 30.9 Å². The summed E-state index contributed by atoms with van der Waals surface area (Å²) in [5.74, 6) is 0.734. The second-order valence-electron chi connectivity index (χ2n) is 5.95. The molecular formula is C21H20N2OS. The molecular weight excluding hydrogens is 328 g/mol. The molecule has 1 heterocycles. The average molecular weight is 348 g/mol. The zero-order valence-electron chi connectivity index (χ0n) is 14.2. The topological polar surface area (TPSA) is 52.9 Å². The first-order chi connectivity index (χ1) is 12.2. The summed E-state index contributed by atoms with van der Waals surface area (Å²) in [6.45, 7) is 2.13. The number of benzene rings is 2. The molecule has 1 amide bonds. The maximum Gasteiger partial charge on any atom is 0.245 e. The number of hydrogen-bond donors (Lipinski definition) is 1. The molecule has 0 unspecified atom stereocenters. The second kappa shape index (κ2) is 7.58. The normalized spacial score (nSPS) is 15.8. The van der Waals surface area contributed by atoms with Crippen molar-refractivity contribution in [1.82, 2.24) is 5.32 Å². The van der Waals surface area contributed by atoms with E-state index in [4.69, 9.17) is 0 Å². The van der Waals surface area contributed by atoms with Crippen molar-refractivity contribution >= 4 is 17.7 Å². The number of rotatable bonds is 6. The van der Waals surface area contributed by atoms with Crippen LogP contribution in [0.3, 0.4) is 0 Å².